The zero-order valence-corrected chi connectivity index (χ0v) is 7.35. The van der Waals surface area contributed by atoms with Crippen molar-refractivity contribution in [1.82, 2.24) is 4.57 Å². The monoisotopic (exact) mass is 149 g/mol. The molecule has 1 heteroatoms. The highest BCUT2D eigenvalue weighted by atomic mass is 15.0. The van der Waals surface area contributed by atoms with Crippen LogP contribution in [0.25, 0.3) is 0 Å². The predicted octanol–water partition coefficient (Wildman–Crippen LogP) is 2.08. The van der Waals surface area contributed by atoms with Gasteiger partial charge < -0.3 is 4.57 Å². The van der Waals surface area contributed by atoms with E-state index in [2.05, 4.69) is 24.6 Å². The summed E-state index contributed by atoms with van der Waals surface area (Å²) in [5, 5.41) is 0. The SMILES string of the molecule is CCc1cc2c(n1C)CCC2. The lowest BCUT2D eigenvalue weighted by atomic mass is 10.2. The van der Waals surface area contributed by atoms with Crippen molar-refractivity contribution in [3.63, 3.8) is 0 Å². The molecule has 1 aliphatic carbocycles. The summed E-state index contributed by atoms with van der Waals surface area (Å²) in [4.78, 5) is 0. The Morgan fingerprint density at radius 3 is 2.91 bits per heavy atom. The molecular formula is C10H15N. The Balaban J connectivity index is 2.49. The van der Waals surface area contributed by atoms with E-state index in [0.717, 1.165) is 0 Å². The summed E-state index contributed by atoms with van der Waals surface area (Å²) in [6.45, 7) is 2.23. The molecular weight excluding hydrogens is 134 g/mol. The second-order valence-corrected chi connectivity index (χ2v) is 3.37. The molecule has 1 aliphatic rings. The number of rotatable bonds is 1. The number of fused-ring (bicyclic) bond motifs is 1. The first-order valence-electron chi connectivity index (χ1n) is 4.49. The van der Waals surface area contributed by atoms with Crippen LogP contribution in [0.5, 0.6) is 0 Å². The van der Waals surface area contributed by atoms with Gasteiger partial charge in [-0.2, -0.15) is 0 Å². The maximum absolute atomic E-state index is 2.38. The van der Waals surface area contributed by atoms with Crippen LogP contribution < -0.4 is 0 Å². The highest BCUT2D eigenvalue weighted by Crippen LogP contribution is 2.24. The minimum absolute atomic E-state index is 1.17. The number of hydrogen-bond donors (Lipinski definition) is 0. The highest BCUT2D eigenvalue weighted by Gasteiger charge is 2.15. The van der Waals surface area contributed by atoms with Crippen molar-refractivity contribution in [2.45, 2.75) is 32.6 Å². The van der Waals surface area contributed by atoms with E-state index in [1.54, 1.807) is 11.3 Å². The van der Waals surface area contributed by atoms with Crippen LogP contribution in [0.1, 0.15) is 30.3 Å². The van der Waals surface area contributed by atoms with E-state index in [1.165, 1.54) is 31.4 Å². The lowest BCUT2D eigenvalue weighted by Crippen LogP contribution is -1.98. The van der Waals surface area contributed by atoms with Crippen molar-refractivity contribution >= 4 is 0 Å². The summed E-state index contributed by atoms with van der Waals surface area (Å²) in [6.07, 6.45) is 5.14. The third-order valence-corrected chi connectivity index (χ3v) is 2.77. The second kappa shape index (κ2) is 2.40. The van der Waals surface area contributed by atoms with Crippen molar-refractivity contribution < 1.29 is 0 Å². The number of aryl methyl sites for hydroxylation is 2. The van der Waals surface area contributed by atoms with Gasteiger partial charge in [0.2, 0.25) is 0 Å². The number of nitrogens with zero attached hydrogens (tertiary/aromatic N) is 1. The van der Waals surface area contributed by atoms with Crippen molar-refractivity contribution in [2.75, 3.05) is 0 Å². The van der Waals surface area contributed by atoms with E-state index in [-0.39, 0.29) is 0 Å². The van der Waals surface area contributed by atoms with E-state index in [0.29, 0.717) is 0 Å². The number of hydrogen-bond acceptors (Lipinski definition) is 0. The van der Waals surface area contributed by atoms with E-state index in [1.807, 2.05) is 0 Å². The lowest BCUT2D eigenvalue weighted by Gasteiger charge is -2.02. The fourth-order valence-electron chi connectivity index (χ4n) is 2.10. The lowest BCUT2D eigenvalue weighted by molar-refractivity contribution is 0.764. The first kappa shape index (κ1) is 6.96. The van der Waals surface area contributed by atoms with Crippen LogP contribution in [-0.2, 0) is 26.3 Å². The highest BCUT2D eigenvalue weighted by molar-refractivity contribution is 5.31. The van der Waals surface area contributed by atoms with Gasteiger partial charge in [-0.05, 0) is 37.3 Å². The summed E-state index contributed by atoms with van der Waals surface area (Å²) < 4.78 is 2.38. The zero-order valence-electron chi connectivity index (χ0n) is 7.35. The molecule has 0 fully saturated rings. The second-order valence-electron chi connectivity index (χ2n) is 3.37. The smallest absolute Gasteiger partial charge is 0.0206 e. The standard InChI is InChI=1S/C10H15N/c1-3-9-7-8-5-4-6-10(8)11(9)2/h7H,3-6H2,1-2H3. The number of aromatic nitrogens is 1. The summed E-state index contributed by atoms with van der Waals surface area (Å²) in [6, 6.07) is 2.38. The van der Waals surface area contributed by atoms with Crippen LogP contribution in [-0.4, -0.2) is 4.57 Å². The average molecular weight is 149 g/mol. The van der Waals surface area contributed by atoms with Gasteiger partial charge in [-0.3, -0.25) is 0 Å². The largest absolute Gasteiger partial charge is 0.351 e. The Kier molecular flexibility index (Phi) is 1.52. The Morgan fingerprint density at radius 1 is 1.45 bits per heavy atom. The van der Waals surface area contributed by atoms with Gasteiger partial charge in [0.15, 0.2) is 0 Å². The van der Waals surface area contributed by atoms with Gasteiger partial charge in [0.1, 0.15) is 0 Å². The van der Waals surface area contributed by atoms with E-state index in [9.17, 15) is 0 Å². The van der Waals surface area contributed by atoms with Crippen LogP contribution in [0.2, 0.25) is 0 Å². The van der Waals surface area contributed by atoms with E-state index >= 15 is 0 Å². The molecule has 1 nitrogen and oxygen atoms in total. The van der Waals surface area contributed by atoms with Crippen LogP contribution in [0.15, 0.2) is 6.07 Å². The minimum Gasteiger partial charge on any atom is -0.351 e. The molecule has 2 rings (SSSR count). The molecule has 0 radical (unpaired) electrons. The predicted molar refractivity (Wildman–Crippen MR) is 46.8 cm³/mol. The minimum atomic E-state index is 1.17. The molecule has 1 aromatic rings. The summed E-state index contributed by atoms with van der Waals surface area (Å²) in [5.41, 5.74) is 4.68. The fourth-order valence-corrected chi connectivity index (χ4v) is 2.10. The quantitative estimate of drug-likeness (QED) is 0.576. The summed E-state index contributed by atoms with van der Waals surface area (Å²) >= 11 is 0. The Hall–Kier alpha value is -0.720. The van der Waals surface area contributed by atoms with Crippen molar-refractivity contribution in [3.8, 4) is 0 Å². The van der Waals surface area contributed by atoms with Gasteiger partial charge in [0.05, 0.1) is 0 Å². The van der Waals surface area contributed by atoms with Gasteiger partial charge in [0, 0.05) is 18.4 Å². The van der Waals surface area contributed by atoms with Crippen molar-refractivity contribution in [2.24, 2.45) is 7.05 Å². The van der Waals surface area contributed by atoms with Gasteiger partial charge in [0.25, 0.3) is 0 Å². The van der Waals surface area contributed by atoms with Crippen molar-refractivity contribution in [1.29, 1.82) is 0 Å². The molecule has 0 amide bonds. The molecule has 60 valence electrons. The van der Waals surface area contributed by atoms with Crippen LogP contribution >= 0.6 is 0 Å². The molecule has 0 atom stereocenters. The van der Waals surface area contributed by atoms with Gasteiger partial charge in [-0.25, -0.2) is 0 Å². The topological polar surface area (TPSA) is 4.93 Å². The zero-order chi connectivity index (χ0) is 7.84. The fraction of sp³-hybridized carbons (Fsp3) is 0.600. The van der Waals surface area contributed by atoms with Crippen LogP contribution in [0.4, 0.5) is 0 Å². The van der Waals surface area contributed by atoms with Crippen LogP contribution in [0, 0.1) is 0 Å². The Morgan fingerprint density at radius 2 is 2.27 bits per heavy atom. The molecule has 0 unspecified atom stereocenters. The molecule has 1 heterocycles. The normalized spacial score (nSPS) is 15.5. The van der Waals surface area contributed by atoms with Crippen LogP contribution in [0.3, 0.4) is 0 Å². The van der Waals surface area contributed by atoms with Gasteiger partial charge in [-0.1, -0.05) is 6.92 Å². The molecule has 0 N–H and O–H groups in total. The Bertz CT molecular complexity index is 270. The molecule has 0 spiro atoms. The van der Waals surface area contributed by atoms with Gasteiger partial charge >= 0.3 is 0 Å². The average Bonchev–Trinajstić information content (AvgIpc) is 2.53. The van der Waals surface area contributed by atoms with E-state index in [4.69, 9.17) is 0 Å². The molecule has 0 bridgehead atoms. The third kappa shape index (κ3) is 0.907. The summed E-state index contributed by atoms with van der Waals surface area (Å²) in [7, 11) is 2.20. The molecule has 0 aliphatic heterocycles. The first-order valence-corrected chi connectivity index (χ1v) is 4.49. The van der Waals surface area contributed by atoms with Crippen molar-refractivity contribution in [3.05, 3.63) is 23.0 Å². The molecule has 0 saturated carbocycles. The van der Waals surface area contributed by atoms with Gasteiger partial charge in [-0.15, -0.1) is 0 Å². The first-order chi connectivity index (χ1) is 5.33. The maximum atomic E-state index is 2.38. The maximum Gasteiger partial charge on any atom is 0.0206 e. The molecule has 1 aromatic heterocycles. The summed E-state index contributed by atoms with van der Waals surface area (Å²) in [5.74, 6) is 0. The molecule has 11 heavy (non-hydrogen) atoms. The molecule has 0 aromatic carbocycles. The van der Waals surface area contributed by atoms with E-state index < -0.39 is 0 Å². The molecule has 0 saturated heterocycles. The third-order valence-electron chi connectivity index (χ3n) is 2.77. The Labute approximate surface area is 68.0 Å².